The van der Waals surface area contributed by atoms with Gasteiger partial charge in [-0.15, -0.1) is 0 Å². The first-order chi connectivity index (χ1) is 7.02. The molecule has 1 aromatic rings. The first-order valence-corrected chi connectivity index (χ1v) is 5.52. The van der Waals surface area contributed by atoms with Crippen LogP contribution < -0.4 is 5.73 Å². The van der Waals surface area contributed by atoms with Gasteiger partial charge in [0.25, 0.3) is 0 Å². The molecule has 15 heavy (non-hydrogen) atoms. The lowest BCUT2D eigenvalue weighted by atomic mass is 10.2. The van der Waals surface area contributed by atoms with Crippen molar-refractivity contribution in [2.45, 2.75) is 13.8 Å². The van der Waals surface area contributed by atoms with Crippen molar-refractivity contribution in [1.29, 1.82) is 0 Å². The fraction of sp³-hybridized carbons (Fsp3) is 0.364. The summed E-state index contributed by atoms with van der Waals surface area (Å²) in [4.78, 5) is 11.6. The number of nitrogen functional groups attached to an aromatic ring is 1. The van der Waals surface area contributed by atoms with Gasteiger partial charge >= 0.3 is 5.97 Å². The lowest BCUT2D eigenvalue weighted by Crippen LogP contribution is -2.12. The van der Waals surface area contributed by atoms with Crippen molar-refractivity contribution in [3.63, 3.8) is 0 Å². The van der Waals surface area contributed by atoms with Gasteiger partial charge in [-0.05, 0) is 34.0 Å². The van der Waals surface area contributed by atoms with Crippen LogP contribution in [0.25, 0.3) is 0 Å². The maximum Gasteiger partial charge on any atom is 0.340 e. The molecule has 4 heteroatoms. The highest BCUT2D eigenvalue weighted by Gasteiger charge is 2.13. The SMILES string of the molecule is CC(C)COC(=O)c1cccc(Br)c1N. The average molecular weight is 272 g/mol. The number of benzene rings is 1. The summed E-state index contributed by atoms with van der Waals surface area (Å²) in [6.45, 7) is 4.37. The summed E-state index contributed by atoms with van der Waals surface area (Å²) in [5, 5.41) is 0. The van der Waals surface area contributed by atoms with Crippen molar-refractivity contribution in [3.05, 3.63) is 28.2 Å². The van der Waals surface area contributed by atoms with E-state index in [4.69, 9.17) is 10.5 Å². The van der Waals surface area contributed by atoms with Crippen LogP contribution in [0.15, 0.2) is 22.7 Å². The number of ether oxygens (including phenoxy) is 1. The van der Waals surface area contributed by atoms with E-state index in [1.165, 1.54) is 0 Å². The fourth-order valence-corrected chi connectivity index (χ4v) is 1.40. The van der Waals surface area contributed by atoms with Gasteiger partial charge in [0, 0.05) is 4.47 Å². The van der Waals surface area contributed by atoms with E-state index in [0.29, 0.717) is 28.2 Å². The Hall–Kier alpha value is -1.03. The monoisotopic (exact) mass is 271 g/mol. The number of anilines is 1. The molecule has 0 saturated heterocycles. The predicted molar refractivity (Wildman–Crippen MR) is 63.7 cm³/mol. The van der Waals surface area contributed by atoms with E-state index < -0.39 is 0 Å². The topological polar surface area (TPSA) is 52.3 Å². The van der Waals surface area contributed by atoms with Crippen LogP contribution in [-0.4, -0.2) is 12.6 Å². The Morgan fingerprint density at radius 3 is 2.80 bits per heavy atom. The van der Waals surface area contributed by atoms with Crippen LogP contribution in [0, 0.1) is 5.92 Å². The molecule has 0 aliphatic rings. The van der Waals surface area contributed by atoms with Gasteiger partial charge in [0.1, 0.15) is 0 Å². The van der Waals surface area contributed by atoms with Gasteiger partial charge in [-0.25, -0.2) is 4.79 Å². The van der Waals surface area contributed by atoms with Crippen LogP contribution in [0.5, 0.6) is 0 Å². The maximum atomic E-state index is 11.6. The third-order valence-electron chi connectivity index (χ3n) is 1.82. The smallest absolute Gasteiger partial charge is 0.340 e. The molecule has 0 heterocycles. The van der Waals surface area contributed by atoms with Gasteiger partial charge < -0.3 is 10.5 Å². The Morgan fingerprint density at radius 1 is 1.53 bits per heavy atom. The van der Waals surface area contributed by atoms with E-state index in [0.717, 1.165) is 0 Å². The number of rotatable bonds is 3. The number of esters is 1. The molecule has 0 radical (unpaired) electrons. The molecule has 1 rings (SSSR count). The molecule has 0 bridgehead atoms. The number of hydrogen-bond acceptors (Lipinski definition) is 3. The van der Waals surface area contributed by atoms with Crippen LogP contribution in [0.2, 0.25) is 0 Å². The number of para-hydroxylation sites is 1. The summed E-state index contributed by atoms with van der Waals surface area (Å²) in [5.74, 6) is -0.0511. The second kappa shape index (κ2) is 5.16. The minimum Gasteiger partial charge on any atom is -0.462 e. The summed E-state index contributed by atoms with van der Waals surface area (Å²) in [7, 11) is 0. The quantitative estimate of drug-likeness (QED) is 0.680. The van der Waals surface area contributed by atoms with Crippen molar-refractivity contribution in [3.8, 4) is 0 Å². The second-order valence-corrected chi connectivity index (χ2v) is 4.55. The van der Waals surface area contributed by atoms with E-state index in [9.17, 15) is 4.79 Å². The third-order valence-corrected chi connectivity index (χ3v) is 2.51. The van der Waals surface area contributed by atoms with E-state index in [1.54, 1.807) is 18.2 Å². The van der Waals surface area contributed by atoms with Gasteiger partial charge in [-0.2, -0.15) is 0 Å². The highest BCUT2D eigenvalue weighted by Crippen LogP contribution is 2.23. The Kier molecular flexibility index (Phi) is 4.15. The molecule has 3 nitrogen and oxygen atoms in total. The number of nitrogens with two attached hydrogens (primary N) is 1. The van der Waals surface area contributed by atoms with Gasteiger partial charge in [-0.3, -0.25) is 0 Å². The normalized spacial score (nSPS) is 10.4. The molecule has 0 fully saturated rings. The Bertz CT molecular complexity index is 364. The third kappa shape index (κ3) is 3.23. The number of carbonyl (C=O) groups is 1. The van der Waals surface area contributed by atoms with Crippen LogP contribution in [0.3, 0.4) is 0 Å². The molecule has 1 aromatic carbocycles. The average Bonchev–Trinajstić information content (AvgIpc) is 2.18. The second-order valence-electron chi connectivity index (χ2n) is 3.69. The van der Waals surface area contributed by atoms with Crippen LogP contribution in [-0.2, 0) is 4.74 Å². The molecule has 0 atom stereocenters. The molecule has 0 spiro atoms. The van der Waals surface area contributed by atoms with E-state index in [2.05, 4.69) is 15.9 Å². The van der Waals surface area contributed by atoms with E-state index in [1.807, 2.05) is 13.8 Å². The lowest BCUT2D eigenvalue weighted by Gasteiger charge is -2.09. The number of carbonyl (C=O) groups excluding carboxylic acids is 1. The van der Waals surface area contributed by atoms with Crippen molar-refractivity contribution in [1.82, 2.24) is 0 Å². The largest absolute Gasteiger partial charge is 0.462 e. The summed E-state index contributed by atoms with van der Waals surface area (Å²) < 4.78 is 5.80. The Balaban J connectivity index is 2.78. The minimum absolute atomic E-state index is 0.322. The zero-order chi connectivity index (χ0) is 11.4. The number of hydrogen-bond donors (Lipinski definition) is 1. The van der Waals surface area contributed by atoms with Gasteiger partial charge in [0.2, 0.25) is 0 Å². The van der Waals surface area contributed by atoms with Crippen LogP contribution >= 0.6 is 15.9 Å². The van der Waals surface area contributed by atoms with Crippen molar-refractivity contribution in [2.24, 2.45) is 5.92 Å². The molecule has 2 N–H and O–H groups in total. The van der Waals surface area contributed by atoms with Crippen LogP contribution in [0.1, 0.15) is 24.2 Å². The molecule has 0 saturated carbocycles. The zero-order valence-corrected chi connectivity index (χ0v) is 10.4. The molecular formula is C11H14BrNO2. The molecule has 0 amide bonds. The maximum absolute atomic E-state index is 11.6. The molecule has 82 valence electrons. The highest BCUT2D eigenvalue weighted by atomic mass is 79.9. The first-order valence-electron chi connectivity index (χ1n) is 4.73. The highest BCUT2D eigenvalue weighted by molar-refractivity contribution is 9.10. The van der Waals surface area contributed by atoms with Crippen molar-refractivity contribution in [2.75, 3.05) is 12.3 Å². The van der Waals surface area contributed by atoms with Gasteiger partial charge in [0.15, 0.2) is 0 Å². The van der Waals surface area contributed by atoms with Gasteiger partial charge in [0.05, 0.1) is 17.9 Å². The molecular weight excluding hydrogens is 258 g/mol. The summed E-state index contributed by atoms with van der Waals surface area (Å²) >= 11 is 3.26. The molecule has 0 aliphatic heterocycles. The van der Waals surface area contributed by atoms with Crippen molar-refractivity contribution >= 4 is 27.6 Å². The van der Waals surface area contributed by atoms with Gasteiger partial charge in [-0.1, -0.05) is 19.9 Å². The first kappa shape index (κ1) is 12.0. The molecule has 0 unspecified atom stereocenters. The fourth-order valence-electron chi connectivity index (χ4n) is 1.04. The Morgan fingerprint density at radius 2 is 2.20 bits per heavy atom. The van der Waals surface area contributed by atoms with Crippen molar-refractivity contribution < 1.29 is 9.53 Å². The predicted octanol–water partition coefficient (Wildman–Crippen LogP) is 2.84. The molecule has 0 aromatic heterocycles. The summed E-state index contributed by atoms with van der Waals surface area (Å²) in [6.07, 6.45) is 0. The summed E-state index contributed by atoms with van der Waals surface area (Å²) in [6, 6.07) is 5.20. The lowest BCUT2D eigenvalue weighted by molar-refractivity contribution is 0.0460. The molecule has 0 aliphatic carbocycles. The number of halogens is 1. The zero-order valence-electron chi connectivity index (χ0n) is 8.79. The Labute approximate surface area is 97.7 Å². The van der Waals surface area contributed by atoms with E-state index in [-0.39, 0.29) is 5.97 Å². The standard InChI is InChI=1S/C11H14BrNO2/c1-7(2)6-15-11(14)8-4-3-5-9(12)10(8)13/h3-5,7H,6,13H2,1-2H3. The minimum atomic E-state index is -0.373. The van der Waals surface area contributed by atoms with E-state index >= 15 is 0 Å². The summed E-state index contributed by atoms with van der Waals surface area (Å²) in [5.41, 5.74) is 6.57. The van der Waals surface area contributed by atoms with Crippen LogP contribution in [0.4, 0.5) is 5.69 Å².